The maximum atomic E-state index is 6.10. The fourth-order valence-corrected chi connectivity index (χ4v) is 2.58. The standard InChI is InChI=1S/C16H26N2O2/c1-12(13-4-5-13)18(8-9-19-2)11-14-10-15(20-3)6-7-16(14)17/h6-7,10,12-13H,4-5,8-9,11,17H2,1-3H3. The lowest BCUT2D eigenvalue weighted by Crippen LogP contribution is -2.36. The van der Waals surface area contributed by atoms with Gasteiger partial charge in [-0.05, 0) is 49.4 Å². The molecule has 0 saturated heterocycles. The van der Waals surface area contributed by atoms with Gasteiger partial charge in [-0.3, -0.25) is 4.90 Å². The van der Waals surface area contributed by atoms with Crippen LogP contribution < -0.4 is 10.5 Å². The number of anilines is 1. The molecule has 0 heterocycles. The Labute approximate surface area is 121 Å². The highest BCUT2D eigenvalue weighted by molar-refractivity contribution is 5.50. The topological polar surface area (TPSA) is 47.7 Å². The van der Waals surface area contributed by atoms with Crippen LogP contribution in [0.1, 0.15) is 25.3 Å². The number of hydrogen-bond donors (Lipinski definition) is 1. The van der Waals surface area contributed by atoms with Crippen LogP contribution in [0.4, 0.5) is 5.69 Å². The molecular formula is C16H26N2O2. The Hall–Kier alpha value is -1.26. The molecule has 1 aliphatic rings. The third-order valence-electron chi connectivity index (χ3n) is 4.19. The molecule has 0 radical (unpaired) electrons. The Bertz CT molecular complexity index is 432. The third-order valence-corrected chi connectivity index (χ3v) is 4.19. The zero-order valence-electron chi connectivity index (χ0n) is 12.8. The SMILES string of the molecule is COCCN(Cc1cc(OC)ccc1N)C(C)C1CC1. The van der Waals surface area contributed by atoms with Crippen LogP contribution in [0.25, 0.3) is 0 Å². The summed E-state index contributed by atoms with van der Waals surface area (Å²) in [6.45, 7) is 4.85. The molecule has 1 aliphatic carbocycles. The van der Waals surface area contributed by atoms with Gasteiger partial charge in [0, 0.05) is 31.9 Å². The van der Waals surface area contributed by atoms with E-state index in [0.29, 0.717) is 6.04 Å². The van der Waals surface area contributed by atoms with E-state index in [9.17, 15) is 0 Å². The van der Waals surface area contributed by atoms with Crippen molar-refractivity contribution in [1.82, 2.24) is 4.90 Å². The molecule has 0 bridgehead atoms. The Kier molecular flexibility index (Phi) is 5.26. The minimum atomic E-state index is 0.579. The zero-order chi connectivity index (χ0) is 14.5. The molecule has 4 nitrogen and oxygen atoms in total. The van der Waals surface area contributed by atoms with Gasteiger partial charge in [0.05, 0.1) is 13.7 Å². The highest BCUT2D eigenvalue weighted by Crippen LogP contribution is 2.36. The lowest BCUT2D eigenvalue weighted by atomic mass is 10.1. The number of nitrogen functional groups attached to an aromatic ring is 1. The molecule has 0 aliphatic heterocycles. The monoisotopic (exact) mass is 278 g/mol. The lowest BCUT2D eigenvalue weighted by molar-refractivity contribution is 0.112. The van der Waals surface area contributed by atoms with E-state index in [-0.39, 0.29) is 0 Å². The number of nitrogens with zero attached hydrogens (tertiary/aromatic N) is 1. The van der Waals surface area contributed by atoms with Crippen molar-refractivity contribution in [3.05, 3.63) is 23.8 Å². The molecule has 1 unspecified atom stereocenters. The highest BCUT2D eigenvalue weighted by atomic mass is 16.5. The molecule has 2 rings (SSSR count). The molecule has 1 aromatic rings. The summed E-state index contributed by atoms with van der Waals surface area (Å²) in [6, 6.07) is 6.44. The Morgan fingerprint density at radius 3 is 2.70 bits per heavy atom. The maximum Gasteiger partial charge on any atom is 0.119 e. The van der Waals surface area contributed by atoms with Gasteiger partial charge >= 0.3 is 0 Å². The average Bonchev–Trinajstić information content (AvgIpc) is 3.29. The quantitative estimate of drug-likeness (QED) is 0.742. The largest absolute Gasteiger partial charge is 0.497 e. The van der Waals surface area contributed by atoms with Crippen LogP contribution in [0.15, 0.2) is 18.2 Å². The third kappa shape index (κ3) is 3.87. The van der Waals surface area contributed by atoms with Gasteiger partial charge in [-0.1, -0.05) is 0 Å². The number of rotatable bonds is 8. The second-order valence-electron chi connectivity index (χ2n) is 5.61. The number of methoxy groups -OCH3 is 2. The average molecular weight is 278 g/mol. The maximum absolute atomic E-state index is 6.10. The molecule has 1 fully saturated rings. The van der Waals surface area contributed by atoms with Crippen LogP contribution in [0.5, 0.6) is 5.75 Å². The van der Waals surface area contributed by atoms with Gasteiger partial charge in [0.15, 0.2) is 0 Å². The first-order valence-electron chi connectivity index (χ1n) is 7.31. The first kappa shape index (κ1) is 15.1. The smallest absolute Gasteiger partial charge is 0.119 e. The minimum absolute atomic E-state index is 0.579. The van der Waals surface area contributed by atoms with E-state index in [1.807, 2.05) is 18.2 Å². The summed E-state index contributed by atoms with van der Waals surface area (Å²) in [5.41, 5.74) is 8.06. The van der Waals surface area contributed by atoms with Gasteiger partial charge in [-0.15, -0.1) is 0 Å². The minimum Gasteiger partial charge on any atom is -0.497 e. The van der Waals surface area contributed by atoms with E-state index in [1.165, 1.54) is 12.8 Å². The van der Waals surface area contributed by atoms with Crippen LogP contribution in [-0.4, -0.2) is 38.3 Å². The van der Waals surface area contributed by atoms with Crippen molar-refractivity contribution in [2.45, 2.75) is 32.4 Å². The zero-order valence-corrected chi connectivity index (χ0v) is 12.8. The molecule has 112 valence electrons. The summed E-state index contributed by atoms with van der Waals surface area (Å²) in [7, 11) is 3.44. The summed E-state index contributed by atoms with van der Waals surface area (Å²) >= 11 is 0. The van der Waals surface area contributed by atoms with Gasteiger partial charge in [0.25, 0.3) is 0 Å². The van der Waals surface area contributed by atoms with Crippen molar-refractivity contribution in [1.29, 1.82) is 0 Å². The van der Waals surface area contributed by atoms with Crippen molar-refractivity contribution in [3.8, 4) is 5.75 Å². The van der Waals surface area contributed by atoms with Gasteiger partial charge in [-0.25, -0.2) is 0 Å². The van der Waals surface area contributed by atoms with E-state index < -0.39 is 0 Å². The molecule has 1 atom stereocenters. The van der Waals surface area contributed by atoms with Crippen molar-refractivity contribution in [2.75, 3.05) is 33.1 Å². The van der Waals surface area contributed by atoms with Gasteiger partial charge in [0.1, 0.15) is 5.75 Å². The van der Waals surface area contributed by atoms with E-state index in [2.05, 4.69) is 11.8 Å². The van der Waals surface area contributed by atoms with Crippen molar-refractivity contribution >= 4 is 5.69 Å². The fraction of sp³-hybridized carbons (Fsp3) is 0.625. The Morgan fingerprint density at radius 2 is 2.10 bits per heavy atom. The van der Waals surface area contributed by atoms with E-state index >= 15 is 0 Å². The first-order chi connectivity index (χ1) is 9.65. The summed E-state index contributed by atoms with van der Waals surface area (Å²) in [5, 5.41) is 0. The van der Waals surface area contributed by atoms with Gasteiger partial charge < -0.3 is 15.2 Å². The van der Waals surface area contributed by atoms with Crippen molar-refractivity contribution in [2.24, 2.45) is 5.92 Å². The van der Waals surface area contributed by atoms with E-state index in [1.54, 1.807) is 14.2 Å². The molecular weight excluding hydrogens is 252 g/mol. The highest BCUT2D eigenvalue weighted by Gasteiger charge is 2.32. The van der Waals surface area contributed by atoms with Crippen LogP contribution in [0.3, 0.4) is 0 Å². The first-order valence-corrected chi connectivity index (χ1v) is 7.31. The summed E-state index contributed by atoms with van der Waals surface area (Å²) in [4.78, 5) is 2.46. The van der Waals surface area contributed by atoms with E-state index in [0.717, 1.165) is 42.6 Å². The molecule has 0 spiro atoms. The predicted molar refractivity (Wildman–Crippen MR) is 81.9 cm³/mol. The van der Waals surface area contributed by atoms with Crippen LogP contribution >= 0.6 is 0 Å². The molecule has 0 amide bonds. The van der Waals surface area contributed by atoms with Crippen molar-refractivity contribution in [3.63, 3.8) is 0 Å². The Balaban J connectivity index is 2.09. The lowest BCUT2D eigenvalue weighted by Gasteiger charge is -2.29. The predicted octanol–water partition coefficient (Wildman–Crippen LogP) is 2.52. The summed E-state index contributed by atoms with van der Waals surface area (Å²) in [5.74, 6) is 1.69. The van der Waals surface area contributed by atoms with Crippen molar-refractivity contribution < 1.29 is 9.47 Å². The fourth-order valence-electron chi connectivity index (χ4n) is 2.58. The number of hydrogen-bond acceptors (Lipinski definition) is 4. The summed E-state index contributed by atoms with van der Waals surface area (Å²) in [6.07, 6.45) is 2.69. The van der Waals surface area contributed by atoms with E-state index in [4.69, 9.17) is 15.2 Å². The van der Waals surface area contributed by atoms with Gasteiger partial charge in [-0.2, -0.15) is 0 Å². The number of benzene rings is 1. The van der Waals surface area contributed by atoms with Crippen LogP contribution in [0, 0.1) is 5.92 Å². The summed E-state index contributed by atoms with van der Waals surface area (Å²) < 4.78 is 10.5. The molecule has 20 heavy (non-hydrogen) atoms. The Morgan fingerprint density at radius 1 is 1.35 bits per heavy atom. The molecule has 2 N–H and O–H groups in total. The normalized spacial score (nSPS) is 16.4. The molecule has 4 heteroatoms. The molecule has 0 aromatic heterocycles. The second kappa shape index (κ2) is 6.95. The van der Waals surface area contributed by atoms with Crippen LogP contribution in [-0.2, 0) is 11.3 Å². The number of nitrogens with two attached hydrogens (primary N) is 1. The molecule has 1 aromatic carbocycles. The number of ether oxygens (including phenoxy) is 2. The van der Waals surface area contributed by atoms with Gasteiger partial charge in [0.2, 0.25) is 0 Å². The molecule has 1 saturated carbocycles. The van der Waals surface area contributed by atoms with Crippen LogP contribution in [0.2, 0.25) is 0 Å². The second-order valence-corrected chi connectivity index (χ2v) is 5.61.